The van der Waals surface area contributed by atoms with Crippen molar-refractivity contribution in [2.75, 3.05) is 19.6 Å². The molecular weight excluding hydrogens is 240 g/mol. The monoisotopic (exact) mass is 262 g/mol. The molecule has 1 aromatic heterocycles. The number of likely N-dealkylation sites (tertiary alicyclic amines) is 1. The van der Waals surface area contributed by atoms with Gasteiger partial charge in [0.25, 0.3) is 0 Å². The van der Waals surface area contributed by atoms with Crippen molar-refractivity contribution in [1.82, 2.24) is 19.4 Å². The van der Waals surface area contributed by atoms with Gasteiger partial charge in [0.05, 0.1) is 12.0 Å². The van der Waals surface area contributed by atoms with Crippen LogP contribution in [-0.2, 0) is 17.9 Å². The highest BCUT2D eigenvalue weighted by Gasteiger charge is 2.28. The maximum Gasteiger partial charge on any atom is 0.222 e. The van der Waals surface area contributed by atoms with Crippen molar-refractivity contribution in [2.24, 2.45) is 0 Å². The Bertz CT molecular complexity index is 448. The standard InChI is InChI=1S/C14H22N4O/c1-2-14(19)16-5-3-12(4-6-16)17-7-8-18-11-15-9-13(18)10-17/h9,11-12H,2-8,10H2,1H3. The molecule has 3 rings (SSSR count). The molecule has 1 amide bonds. The maximum absolute atomic E-state index is 11.7. The number of carbonyl (C=O) groups excluding carboxylic acids is 1. The molecule has 5 heteroatoms. The number of fused-ring (bicyclic) bond motifs is 1. The quantitative estimate of drug-likeness (QED) is 0.801. The first kappa shape index (κ1) is 12.7. The molecule has 5 nitrogen and oxygen atoms in total. The van der Waals surface area contributed by atoms with Crippen LogP contribution < -0.4 is 0 Å². The molecular formula is C14H22N4O. The minimum Gasteiger partial charge on any atom is -0.343 e. The van der Waals surface area contributed by atoms with Crippen LogP contribution in [0.5, 0.6) is 0 Å². The van der Waals surface area contributed by atoms with Gasteiger partial charge in [-0.2, -0.15) is 0 Å². The Morgan fingerprint density at radius 3 is 2.84 bits per heavy atom. The van der Waals surface area contributed by atoms with Crippen molar-refractivity contribution in [2.45, 2.75) is 45.3 Å². The number of amides is 1. The summed E-state index contributed by atoms with van der Waals surface area (Å²) in [6.45, 7) is 6.95. The van der Waals surface area contributed by atoms with E-state index in [1.54, 1.807) is 0 Å². The molecule has 1 aromatic rings. The van der Waals surface area contributed by atoms with Crippen molar-refractivity contribution < 1.29 is 4.79 Å². The van der Waals surface area contributed by atoms with Crippen LogP contribution in [0.3, 0.4) is 0 Å². The highest BCUT2D eigenvalue weighted by atomic mass is 16.2. The van der Waals surface area contributed by atoms with Gasteiger partial charge in [0, 0.05) is 51.4 Å². The number of hydrogen-bond donors (Lipinski definition) is 0. The third-order valence-electron chi connectivity index (χ3n) is 4.43. The molecule has 1 fully saturated rings. The van der Waals surface area contributed by atoms with E-state index in [-0.39, 0.29) is 0 Å². The van der Waals surface area contributed by atoms with Crippen LogP contribution in [0.1, 0.15) is 31.9 Å². The van der Waals surface area contributed by atoms with Gasteiger partial charge in [-0.25, -0.2) is 4.98 Å². The SMILES string of the molecule is CCC(=O)N1CCC(N2CCn3cncc3C2)CC1. The molecule has 0 unspecified atom stereocenters. The summed E-state index contributed by atoms with van der Waals surface area (Å²) in [6.07, 6.45) is 6.75. The lowest BCUT2D eigenvalue weighted by Gasteiger charge is -2.40. The lowest BCUT2D eigenvalue weighted by Crippen LogP contribution is -2.48. The van der Waals surface area contributed by atoms with Gasteiger partial charge in [0.15, 0.2) is 0 Å². The zero-order valence-corrected chi connectivity index (χ0v) is 11.6. The molecule has 0 atom stereocenters. The molecule has 104 valence electrons. The minimum atomic E-state index is 0.301. The summed E-state index contributed by atoms with van der Waals surface area (Å²) in [5, 5.41) is 0. The first-order valence-corrected chi connectivity index (χ1v) is 7.28. The summed E-state index contributed by atoms with van der Waals surface area (Å²) in [5.41, 5.74) is 1.32. The summed E-state index contributed by atoms with van der Waals surface area (Å²) in [6, 6.07) is 0.629. The van der Waals surface area contributed by atoms with Crippen LogP contribution in [0.2, 0.25) is 0 Å². The second-order valence-corrected chi connectivity index (χ2v) is 5.51. The van der Waals surface area contributed by atoms with Crippen LogP contribution in [0.25, 0.3) is 0 Å². The van der Waals surface area contributed by atoms with E-state index < -0.39 is 0 Å². The number of rotatable bonds is 2. The fraction of sp³-hybridized carbons (Fsp3) is 0.714. The van der Waals surface area contributed by atoms with Gasteiger partial charge in [0.1, 0.15) is 0 Å². The number of hydrogen-bond acceptors (Lipinski definition) is 3. The fourth-order valence-corrected chi connectivity index (χ4v) is 3.22. The Morgan fingerprint density at radius 2 is 2.11 bits per heavy atom. The van der Waals surface area contributed by atoms with Gasteiger partial charge in [-0.05, 0) is 12.8 Å². The van der Waals surface area contributed by atoms with E-state index in [1.165, 1.54) is 5.69 Å². The summed E-state index contributed by atoms with van der Waals surface area (Å²) < 4.78 is 2.24. The van der Waals surface area contributed by atoms with Crippen molar-refractivity contribution in [3.63, 3.8) is 0 Å². The average molecular weight is 262 g/mol. The topological polar surface area (TPSA) is 41.4 Å². The summed E-state index contributed by atoms with van der Waals surface area (Å²) in [7, 11) is 0. The number of piperidine rings is 1. The molecule has 19 heavy (non-hydrogen) atoms. The van der Waals surface area contributed by atoms with Gasteiger partial charge < -0.3 is 9.47 Å². The van der Waals surface area contributed by atoms with Gasteiger partial charge in [-0.15, -0.1) is 0 Å². The van der Waals surface area contributed by atoms with E-state index in [2.05, 4.69) is 14.5 Å². The van der Waals surface area contributed by atoms with Crippen LogP contribution in [0.15, 0.2) is 12.5 Å². The zero-order valence-electron chi connectivity index (χ0n) is 11.6. The van der Waals surface area contributed by atoms with Gasteiger partial charge in [-0.3, -0.25) is 9.69 Å². The molecule has 2 aliphatic rings. The molecule has 1 saturated heterocycles. The molecule has 0 radical (unpaired) electrons. The predicted octanol–water partition coefficient (Wildman–Crippen LogP) is 1.10. The smallest absolute Gasteiger partial charge is 0.222 e. The summed E-state index contributed by atoms with van der Waals surface area (Å²) in [4.78, 5) is 20.5. The molecule has 0 spiro atoms. The highest BCUT2D eigenvalue weighted by molar-refractivity contribution is 5.75. The van der Waals surface area contributed by atoms with Crippen molar-refractivity contribution in [3.05, 3.63) is 18.2 Å². The molecule has 0 bridgehead atoms. The second kappa shape index (κ2) is 5.33. The van der Waals surface area contributed by atoms with E-state index in [0.29, 0.717) is 18.4 Å². The Kier molecular flexibility index (Phi) is 3.55. The van der Waals surface area contributed by atoms with Gasteiger partial charge in [-0.1, -0.05) is 6.92 Å². The normalized spacial score (nSPS) is 21.4. The van der Waals surface area contributed by atoms with Crippen LogP contribution in [0, 0.1) is 0 Å². The Balaban J connectivity index is 1.57. The molecule has 0 aliphatic carbocycles. The zero-order chi connectivity index (χ0) is 13.2. The fourth-order valence-electron chi connectivity index (χ4n) is 3.22. The highest BCUT2D eigenvalue weighted by Crippen LogP contribution is 2.21. The van der Waals surface area contributed by atoms with E-state index in [9.17, 15) is 4.79 Å². The summed E-state index contributed by atoms with van der Waals surface area (Å²) in [5.74, 6) is 0.301. The Hall–Kier alpha value is -1.36. The summed E-state index contributed by atoms with van der Waals surface area (Å²) >= 11 is 0. The third-order valence-corrected chi connectivity index (χ3v) is 4.43. The van der Waals surface area contributed by atoms with E-state index >= 15 is 0 Å². The molecule has 0 saturated carbocycles. The lowest BCUT2D eigenvalue weighted by molar-refractivity contribution is -0.132. The van der Waals surface area contributed by atoms with Crippen molar-refractivity contribution in [3.8, 4) is 0 Å². The van der Waals surface area contributed by atoms with E-state index in [1.807, 2.05) is 24.3 Å². The number of aromatic nitrogens is 2. The predicted molar refractivity (Wildman–Crippen MR) is 72.5 cm³/mol. The van der Waals surface area contributed by atoms with Crippen LogP contribution in [0.4, 0.5) is 0 Å². The largest absolute Gasteiger partial charge is 0.343 e. The Labute approximate surface area is 114 Å². The van der Waals surface area contributed by atoms with Crippen molar-refractivity contribution in [1.29, 1.82) is 0 Å². The van der Waals surface area contributed by atoms with E-state index in [4.69, 9.17) is 0 Å². The van der Waals surface area contributed by atoms with Gasteiger partial charge in [0.2, 0.25) is 5.91 Å². The first-order chi connectivity index (χ1) is 9.28. The van der Waals surface area contributed by atoms with Crippen LogP contribution in [-0.4, -0.2) is 50.9 Å². The van der Waals surface area contributed by atoms with Crippen molar-refractivity contribution >= 4 is 5.91 Å². The maximum atomic E-state index is 11.7. The van der Waals surface area contributed by atoms with Crippen LogP contribution >= 0.6 is 0 Å². The van der Waals surface area contributed by atoms with Gasteiger partial charge >= 0.3 is 0 Å². The molecule has 3 heterocycles. The lowest BCUT2D eigenvalue weighted by atomic mass is 10.0. The number of carbonyl (C=O) groups is 1. The minimum absolute atomic E-state index is 0.301. The second-order valence-electron chi connectivity index (χ2n) is 5.51. The third kappa shape index (κ3) is 2.52. The first-order valence-electron chi connectivity index (χ1n) is 7.28. The molecule has 0 aromatic carbocycles. The molecule has 0 N–H and O–H groups in total. The number of imidazole rings is 1. The number of nitrogens with zero attached hydrogens (tertiary/aromatic N) is 4. The molecule has 2 aliphatic heterocycles. The van der Waals surface area contributed by atoms with E-state index in [0.717, 1.165) is 45.6 Å². The average Bonchev–Trinajstić information content (AvgIpc) is 2.94. The Morgan fingerprint density at radius 1 is 1.32 bits per heavy atom.